The van der Waals surface area contributed by atoms with Crippen LogP contribution in [0.2, 0.25) is 0 Å². The molecule has 0 unspecified atom stereocenters. The SMILES string of the molecule is O=CN1CCN(c2ccc(N/C=C3\C(=O)Nc4ccccc43)cc2)CC1. The maximum Gasteiger partial charge on any atom is 0.257 e. The Kier molecular flexibility index (Phi) is 4.31. The van der Waals surface area contributed by atoms with Gasteiger partial charge < -0.3 is 20.4 Å². The van der Waals surface area contributed by atoms with Crippen molar-refractivity contribution < 1.29 is 9.59 Å². The highest BCUT2D eigenvalue weighted by Crippen LogP contribution is 2.31. The van der Waals surface area contributed by atoms with Gasteiger partial charge in [-0.2, -0.15) is 0 Å². The normalized spacial score (nSPS) is 17.8. The van der Waals surface area contributed by atoms with E-state index in [0.29, 0.717) is 5.57 Å². The standard InChI is InChI=1S/C20H20N4O2/c25-14-23-9-11-24(12-10-23)16-7-5-15(6-8-16)21-13-18-17-3-1-2-4-19(17)22-20(18)26/h1-8,13-14,21H,9-12H2,(H,22,26)/b18-13-. The maximum atomic E-state index is 12.1. The molecule has 2 aliphatic rings. The lowest BCUT2D eigenvalue weighted by atomic mass is 10.1. The molecule has 2 heterocycles. The van der Waals surface area contributed by atoms with Crippen molar-refractivity contribution in [1.29, 1.82) is 0 Å². The molecule has 0 spiro atoms. The van der Waals surface area contributed by atoms with Crippen LogP contribution in [0.3, 0.4) is 0 Å². The fourth-order valence-electron chi connectivity index (χ4n) is 3.29. The summed E-state index contributed by atoms with van der Waals surface area (Å²) in [6.45, 7) is 3.19. The lowest BCUT2D eigenvalue weighted by Gasteiger charge is -2.34. The molecule has 0 radical (unpaired) electrons. The summed E-state index contributed by atoms with van der Waals surface area (Å²) in [5.74, 6) is -0.0941. The summed E-state index contributed by atoms with van der Waals surface area (Å²) in [6, 6.07) is 15.8. The van der Waals surface area contributed by atoms with Crippen LogP contribution in [-0.4, -0.2) is 43.4 Å². The zero-order valence-electron chi connectivity index (χ0n) is 14.3. The predicted octanol–water partition coefficient (Wildman–Crippen LogP) is 2.37. The van der Waals surface area contributed by atoms with Crippen molar-refractivity contribution >= 4 is 35.0 Å². The second kappa shape index (κ2) is 6.92. The number of nitrogens with zero attached hydrogens (tertiary/aromatic N) is 2. The van der Waals surface area contributed by atoms with Gasteiger partial charge in [0, 0.05) is 55.0 Å². The Labute approximate surface area is 152 Å². The highest BCUT2D eigenvalue weighted by molar-refractivity contribution is 6.31. The van der Waals surface area contributed by atoms with Crippen molar-refractivity contribution in [2.24, 2.45) is 0 Å². The molecule has 4 rings (SSSR count). The molecule has 2 aromatic carbocycles. The molecular weight excluding hydrogens is 328 g/mol. The zero-order valence-corrected chi connectivity index (χ0v) is 14.3. The first-order valence-electron chi connectivity index (χ1n) is 8.66. The summed E-state index contributed by atoms with van der Waals surface area (Å²) in [5.41, 5.74) is 4.45. The number of para-hydroxylation sites is 1. The van der Waals surface area contributed by atoms with Gasteiger partial charge in [-0.25, -0.2) is 0 Å². The van der Waals surface area contributed by atoms with Crippen molar-refractivity contribution in [2.75, 3.05) is 41.7 Å². The van der Waals surface area contributed by atoms with E-state index < -0.39 is 0 Å². The Morgan fingerprint density at radius 1 is 0.962 bits per heavy atom. The lowest BCUT2D eigenvalue weighted by molar-refractivity contribution is -0.118. The van der Waals surface area contributed by atoms with E-state index in [0.717, 1.165) is 55.2 Å². The first-order valence-corrected chi connectivity index (χ1v) is 8.66. The summed E-state index contributed by atoms with van der Waals surface area (Å²) < 4.78 is 0. The van der Waals surface area contributed by atoms with Crippen LogP contribution in [-0.2, 0) is 9.59 Å². The molecular formula is C20H20N4O2. The lowest BCUT2D eigenvalue weighted by Crippen LogP contribution is -2.45. The van der Waals surface area contributed by atoms with E-state index in [2.05, 4.69) is 27.7 Å². The molecule has 2 amide bonds. The van der Waals surface area contributed by atoms with E-state index in [-0.39, 0.29) is 5.91 Å². The molecule has 0 aromatic heterocycles. The first-order chi connectivity index (χ1) is 12.7. The number of rotatable bonds is 4. The van der Waals surface area contributed by atoms with Gasteiger partial charge in [0.1, 0.15) is 0 Å². The second-order valence-electron chi connectivity index (χ2n) is 6.38. The Bertz CT molecular complexity index is 852. The number of nitrogens with one attached hydrogen (secondary N) is 2. The van der Waals surface area contributed by atoms with Crippen molar-refractivity contribution in [3.05, 3.63) is 60.3 Å². The Morgan fingerprint density at radius 2 is 1.69 bits per heavy atom. The smallest absolute Gasteiger partial charge is 0.257 e. The number of carbonyl (C=O) groups is 2. The molecule has 132 valence electrons. The van der Waals surface area contributed by atoms with Crippen molar-refractivity contribution in [3.8, 4) is 0 Å². The molecule has 6 nitrogen and oxygen atoms in total. The molecule has 0 bridgehead atoms. The number of carbonyl (C=O) groups excluding carboxylic acids is 2. The largest absolute Gasteiger partial charge is 0.368 e. The van der Waals surface area contributed by atoms with E-state index in [1.165, 1.54) is 0 Å². The molecule has 2 aromatic rings. The number of fused-ring (bicyclic) bond motifs is 1. The average Bonchev–Trinajstić information content (AvgIpc) is 3.02. The molecule has 0 atom stereocenters. The van der Waals surface area contributed by atoms with Gasteiger partial charge in [0.25, 0.3) is 5.91 Å². The van der Waals surface area contributed by atoms with Gasteiger partial charge in [0.2, 0.25) is 6.41 Å². The van der Waals surface area contributed by atoms with Gasteiger partial charge >= 0.3 is 0 Å². The monoisotopic (exact) mass is 348 g/mol. The molecule has 0 aliphatic carbocycles. The fourth-order valence-corrected chi connectivity index (χ4v) is 3.29. The molecule has 2 N–H and O–H groups in total. The van der Waals surface area contributed by atoms with Crippen molar-refractivity contribution in [3.63, 3.8) is 0 Å². The predicted molar refractivity (Wildman–Crippen MR) is 103 cm³/mol. The van der Waals surface area contributed by atoms with Gasteiger partial charge in [-0.1, -0.05) is 18.2 Å². The molecule has 6 heteroatoms. The topological polar surface area (TPSA) is 64.7 Å². The van der Waals surface area contributed by atoms with Gasteiger partial charge in [0.05, 0.1) is 5.57 Å². The van der Waals surface area contributed by atoms with E-state index in [9.17, 15) is 9.59 Å². The number of benzene rings is 2. The van der Waals surface area contributed by atoms with Gasteiger partial charge in [-0.15, -0.1) is 0 Å². The third-order valence-corrected chi connectivity index (χ3v) is 4.79. The third-order valence-electron chi connectivity index (χ3n) is 4.79. The molecule has 2 aliphatic heterocycles. The second-order valence-corrected chi connectivity index (χ2v) is 6.38. The quantitative estimate of drug-likeness (QED) is 0.658. The van der Waals surface area contributed by atoms with Crippen molar-refractivity contribution in [1.82, 2.24) is 4.90 Å². The minimum atomic E-state index is -0.0941. The van der Waals surface area contributed by atoms with E-state index in [1.54, 1.807) is 11.1 Å². The summed E-state index contributed by atoms with van der Waals surface area (Å²) in [6.07, 6.45) is 2.66. The first kappa shape index (κ1) is 16.2. The van der Waals surface area contributed by atoms with Gasteiger partial charge in [0.15, 0.2) is 0 Å². The summed E-state index contributed by atoms with van der Waals surface area (Å²) >= 11 is 0. The number of hydrogen-bond donors (Lipinski definition) is 2. The Hall–Kier alpha value is -3.28. The van der Waals surface area contributed by atoms with Crippen LogP contribution in [0.15, 0.2) is 54.7 Å². The number of hydrogen-bond acceptors (Lipinski definition) is 4. The third kappa shape index (κ3) is 3.13. The van der Waals surface area contributed by atoms with Crippen LogP contribution in [0.4, 0.5) is 17.1 Å². The van der Waals surface area contributed by atoms with Gasteiger partial charge in [-0.3, -0.25) is 9.59 Å². The molecule has 1 fully saturated rings. The summed E-state index contributed by atoms with van der Waals surface area (Å²) in [7, 11) is 0. The summed E-state index contributed by atoms with van der Waals surface area (Å²) in [5, 5.41) is 6.07. The van der Waals surface area contributed by atoms with Crippen LogP contribution in [0.5, 0.6) is 0 Å². The average molecular weight is 348 g/mol. The molecule has 1 saturated heterocycles. The minimum absolute atomic E-state index is 0.0941. The van der Waals surface area contributed by atoms with E-state index in [1.807, 2.05) is 36.4 Å². The molecule has 0 saturated carbocycles. The van der Waals surface area contributed by atoms with E-state index in [4.69, 9.17) is 0 Å². The summed E-state index contributed by atoms with van der Waals surface area (Å²) in [4.78, 5) is 27.0. The van der Waals surface area contributed by atoms with Crippen LogP contribution in [0, 0.1) is 0 Å². The van der Waals surface area contributed by atoms with Crippen LogP contribution in [0.1, 0.15) is 5.56 Å². The van der Waals surface area contributed by atoms with Crippen LogP contribution < -0.4 is 15.5 Å². The highest BCUT2D eigenvalue weighted by atomic mass is 16.2. The highest BCUT2D eigenvalue weighted by Gasteiger charge is 2.23. The molecule has 26 heavy (non-hydrogen) atoms. The van der Waals surface area contributed by atoms with E-state index >= 15 is 0 Å². The van der Waals surface area contributed by atoms with Crippen LogP contribution >= 0.6 is 0 Å². The number of piperazine rings is 1. The Balaban J connectivity index is 1.44. The van der Waals surface area contributed by atoms with Gasteiger partial charge in [-0.05, 0) is 30.3 Å². The fraction of sp³-hybridized carbons (Fsp3) is 0.200. The maximum absolute atomic E-state index is 12.1. The zero-order chi connectivity index (χ0) is 17.9. The minimum Gasteiger partial charge on any atom is -0.368 e. The Morgan fingerprint density at radius 3 is 2.42 bits per heavy atom. The van der Waals surface area contributed by atoms with Crippen LogP contribution in [0.25, 0.3) is 5.57 Å². The van der Waals surface area contributed by atoms with Crippen molar-refractivity contribution in [2.45, 2.75) is 0 Å². The number of anilines is 3. The number of amides is 2.